The van der Waals surface area contributed by atoms with Gasteiger partial charge in [-0.2, -0.15) is 0 Å². The van der Waals surface area contributed by atoms with Crippen LogP contribution in [0.3, 0.4) is 0 Å². The van der Waals surface area contributed by atoms with Gasteiger partial charge in [0.05, 0.1) is 0 Å². The zero-order valence-electron chi connectivity index (χ0n) is 35.2. The number of rotatable bonds is 2. The second-order valence-electron chi connectivity index (χ2n) is 19.4. The van der Waals surface area contributed by atoms with E-state index in [2.05, 4.69) is 155 Å². The molecule has 0 N–H and O–H groups in total. The fourth-order valence-corrected chi connectivity index (χ4v) is 7.45. The molecule has 0 saturated carbocycles. The van der Waals surface area contributed by atoms with Crippen LogP contribution in [-0.2, 0) is 41.8 Å². The monoisotopic (exact) mass is 931 g/mol. The Morgan fingerprint density at radius 1 is 0.474 bits per heavy atom. The van der Waals surface area contributed by atoms with Crippen LogP contribution in [0.15, 0.2) is 91.1 Å². The van der Waals surface area contributed by atoms with Gasteiger partial charge in [0.15, 0.2) is 0 Å². The van der Waals surface area contributed by atoms with Gasteiger partial charge in [0.1, 0.15) is 28.7 Å². The third-order valence-electron chi connectivity index (χ3n) is 11.0. The molecule has 3 aliphatic heterocycles. The zero-order chi connectivity index (χ0) is 39.9. The normalized spacial score (nSPS) is 13.5. The standard InChI is InChI=1S/C35H35BNO3.C15H16N.Ir/c1-33(2,3)20-12-10-11-19(13-20)23-18-28-31-32(37-23)40-27-17-22(35(7,8)9)16-26-30(27)36(31)29-24(38-26)14-21(34(4,5)6)15-25(29)39-28;1-15(2,3)13-9-10-14(16-11-13)12-7-5-4-6-8-12;/h10,12-18H,1-9H3;4-7,9-11H,1-3H3;/q2*-1;. The summed E-state index contributed by atoms with van der Waals surface area (Å²) in [5.41, 5.74) is 11.7. The Kier molecular flexibility index (Phi) is 10.1. The molecule has 5 heterocycles. The van der Waals surface area contributed by atoms with Crippen molar-refractivity contribution in [1.82, 2.24) is 9.97 Å². The number of nitrogens with zero attached hydrogens (tertiary/aromatic N) is 2. The van der Waals surface area contributed by atoms with Gasteiger partial charge in [0, 0.05) is 42.7 Å². The smallest absolute Gasteiger partial charge is 0.272 e. The van der Waals surface area contributed by atoms with Crippen LogP contribution in [0.25, 0.3) is 22.5 Å². The number of aromatic nitrogens is 2. The first-order valence-electron chi connectivity index (χ1n) is 19.7. The van der Waals surface area contributed by atoms with Gasteiger partial charge in [0.25, 0.3) is 6.71 Å². The molecule has 0 saturated heterocycles. The van der Waals surface area contributed by atoms with Gasteiger partial charge in [-0.05, 0) is 80.1 Å². The van der Waals surface area contributed by atoms with Gasteiger partial charge in [-0.15, -0.1) is 71.3 Å². The van der Waals surface area contributed by atoms with E-state index < -0.39 is 0 Å². The number of benzene rings is 4. The van der Waals surface area contributed by atoms with E-state index in [4.69, 9.17) is 19.2 Å². The summed E-state index contributed by atoms with van der Waals surface area (Å²) in [5.74, 6) is 4.73. The molecule has 0 amide bonds. The molecule has 293 valence electrons. The SMILES string of the molecule is CC(C)(C)c1cc[c-]c(-c2cc3c4c(n2)Oc2cc(C(C)(C)C)cc5c2B4c2c(cc(C(C)(C)C)cc2O3)O5)c1.CC(C)(C)c1ccc(-c2[c-]cccc2)nc1.[Ir]. The molecule has 1 radical (unpaired) electrons. The average Bonchev–Trinajstić information content (AvgIpc) is 3.13. The predicted molar refractivity (Wildman–Crippen MR) is 230 cm³/mol. The van der Waals surface area contributed by atoms with Crippen LogP contribution in [0.2, 0.25) is 0 Å². The molecule has 3 aliphatic rings. The maximum absolute atomic E-state index is 6.71. The van der Waals surface area contributed by atoms with Crippen LogP contribution in [-0.4, -0.2) is 16.7 Å². The third-order valence-corrected chi connectivity index (χ3v) is 11.0. The van der Waals surface area contributed by atoms with Gasteiger partial charge < -0.3 is 19.2 Å². The fourth-order valence-electron chi connectivity index (χ4n) is 7.45. The van der Waals surface area contributed by atoms with Crippen molar-refractivity contribution in [2.24, 2.45) is 0 Å². The molecule has 0 fully saturated rings. The maximum Gasteiger partial charge on any atom is 0.272 e. The molecule has 4 aromatic carbocycles. The molecule has 5 nitrogen and oxygen atoms in total. The Morgan fingerprint density at radius 2 is 1.00 bits per heavy atom. The number of hydrogen-bond donors (Lipinski definition) is 0. The number of pyridine rings is 2. The van der Waals surface area contributed by atoms with Crippen LogP contribution in [0.4, 0.5) is 0 Å². The molecule has 0 spiro atoms. The molecule has 57 heavy (non-hydrogen) atoms. The van der Waals surface area contributed by atoms with E-state index in [0.29, 0.717) is 5.88 Å². The van der Waals surface area contributed by atoms with Crippen LogP contribution < -0.4 is 30.6 Å². The van der Waals surface area contributed by atoms with Gasteiger partial charge >= 0.3 is 0 Å². The van der Waals surface area contributed by atoms with E-state index in [1.54, 1.807) is 0 Å². The molecule has 0 atom stereocenters. The summed E-state index contributed by atoms with van der Waals surface area (Å²) in [4.78, 5) is 9.58. The van der Waals surface area contributed by atoms with Gasteiger partial charge in [-0.3, -0.25) is 4.98 Å². The van der Waals surface area contributed by atoms with E-state index in [0.717, 1.165) is 73.2 Å². The summed E-state index contributed by atoms with van der Waals surface area (Å²) in [6, 6.07) is 35.7. The zero-order valence-corrected chi connectivity index (χ0v) is 37.6. The minimum atomic E-state index is -0.0737. The van der Waals surface area contributed by atoms with E-state index >= 15 is 0 Å². The largest absolute Gasteiger partial charge is 0.459 e. The van der Waals surface area contributed by atoms with Crippen molar-refractivity contribution < 1.29 is 34.3 Å². The van der Waals surface area contributed by atoms with E-state index in [1.165, 1.54) is 16.7 Å². The second-order valence-corrected chi connectivity index (χ2v) is 19.4. The topological polar surface area (TPSA) is 53.5 Å². The molecule has 0 bridgehead atoms. The number of hydrogen-bond acceptors (Lipinski definition) is 5. The summed E-state index contributed by atoms with van der Waals surface area (Å²) >= 11 is 0. The molecule has 0 unspecified atom stereocenters. The van der Waals surface area contributed by atoms with E-state index in [9.17, 15) is 0 Å². The third kappa shape index (κ3) is 7.69. The first-order chi connectivity index (χ1) is 26.3. The Labute approximate surface area is 353 Å². The Balaban J connectivity index is 0.000000246. The molecular weight excluding hydrogens is 880 g/mol. The van der Waals surface area contributed by atoms with Crippen molar-refractivity contribution in [2.45, 2.75) is 105 Å². The van der Waals surface area contributed by atoms with Crippen LogP contribution >= 0.6 is 0 Å². The van der Waals surface area contributed by atoms with Crippen molar-refractivity contribution in [3.8, 4) is 57.1 Å². The Hall–Kier alpha value is -4.71. The molecular formula is C50H51BIrN2O3-2. The quantitative estimate of drug-likeness (QED) is 0.128. The summed E-state index contributed by atoms with van der Waals surface area (Å²) in [6.45, 7) is 26.5. The summed E-state index contributed by atoms with van der Waals surface area (Å²) in [6.07, 6.45) is 1.95. The average molecular weight is 931 g/mol. The minimum Gasteiger partial charge on any atom is -0.459 e. The Bertz CT molecular complexity index is 2390. The van der Waals surface area contributed by atoms with Crippen molar-refractivity contribution in [1.29, 1.82) is 0 Å². The van der Waals surface area contributed by atoms with Crippen molar-refractivity contribution in [3.63, 3.8) is 0 Å². The predicted octanol–water partition coefficient (Wildman–Crippen LogP) is 11.1. The fraction of sp³-hybridized carbons (Fsp3) is 0.320. The molecule has 6 aromatic rings. The summed E-state index contributed by atoms with van der Waals surface area (Å²) in [5, 5.41) is 0. The van der Waals surface area contributed by atoms with Crippen molar-refractivity contribution >= 4 is 23.1 Å². The van der Waals surface area contributed by atoms with Crippen LogP contribution in [0.5, 0.6) is 34.6 Å². The summed E-state index contributed by atoms with van der Waals surface area (Å²) in [7, 11) is 0. The van der Waals surface area contributed by atoms with Crippen LogP contribution in [0, 0.1) is 12.1 Å². The first kappa shape index (κ1) is 40.5. The van der Waals surface area contributed by atoms with Gasteiger partial charge in [-0.25, -0.2) is 0 Å². The molecule has 9 rings (SSSR count). The van der Waals surface area contributed by atoms with E-state index in [1.807, 2.05) is 36.5 Å². The van der Waals surface area contributed by atoms with E-state index in [-0.39, 0.29) is 48.5 Å². The maximum atomic E-state index is 6.71. The molecule has 0 aliphatic carbocycles. The van der Waals surface area contributed by atoms with Crippen LogP contribution in [0.1, 0.15) is 105 Å². The number of ether oxygens (including phenoxy) is 3. The van der Waals surface area contributed by atoms with Crippen molar-refractivity contribution in [3.05, 3.63) is 126 Å². The van der Waals surface area contributed by atoms with Gasteiger partial charge in [0.2, 0.25) is 5.88 Å². The minimum absolute atomic E-state index is 0. The van der Waals surface area contributed by atoms with Gasteiger partial charge in [-0.1, -0.05) is 95.2 Å². The Morgan fingerprint density at radius 3 is 1.49 bits per heavy atom. The molecule has 7 heteroatoms. The summed E-state index contributed by atoms with van der Waals surface area (Å²) < 4.78 is 20.0. The molecule has 2 aromatic heterocycles. The van der Waals surface area contributed by atoms with Crippen molar-refractivity contribution in [2.75, 3.05) is 0 Å². The second kappa shape index (κ2) is 14.3. The first-order valence-corrected chi connectivity index (χ1v) is 19.7.